The summed E-state index contributed by atoms with van der Waals surface area (Å²) in [4.78, 5) is 0. The summed E-state index contributed by atoms with van der Waals surface area (Å²) in [5.74, 6) is -1.07. The van der Waals surface area contributed by atoms with Crippen molar-refractivity contribution in [1.82, 2.24) is 0 Å². The van der Waals surface area contributed by atoms with Gasteiger partial charge in [-0.2, -0.15) is 0 Å². The van der Waals surface area contributed by atoms with Crippen LogP contribution in [-0.4, -0.2) is 0 Å². The molecule has 0 fully saturated rings. The van der Waals surface area contributed by atoms with Crippen LogP contribution in [0.3, 0.4) is 0 Å². The number of nitrogens with one attached hydrogen (secondary N) is 1. The van der Waals surface area contributed by atoms with Crippen molar-refractivity contribution >= 4 is 5.69 Å². The van der Waals surface area contributed by atoms with E-state index in [1.165, 1.54) is 30.5 Å². The summed E-state index contributed by atoms with van der Waals surface area (Å²) in [6.07, 6.45) is 3.46. The molecule has 0 bridgehead atoms. The van der Waals surface area contributed by atoms with Crippen LogP contribution in [0.15, 0.2) is 42.5 Å². The fraction of sp³-hybridized carbons (Fsp3) is 0.294. The highest BCUT2D eigenvalue weighted by Crippen LogP contribution is 2.15. The highest BCUT2D eigenvalue weighted by atomic mass is 19.1. The number of benzene rings is 2. The summed E-state index contributed by atoms with van der Waals surface area (Å²) in [7, 11) is 0. The molecule has 0 aromatic heterocycles. The van der Waals surface area contributed by atoms with E-state index in [1.807, 2.05) is 12.1 Å². The van der Waals surface area contributed by atoms with E-state index in [2.05, 4.69) is 24.4 Å². The number of hydrogen-bond donors (Lipinski definition) is 1. The van der Waals surface area contributed by atoms with Crippen molar-refractivity contribution in [3.05, 3.63) is 65.2 Å². The Morgan fingerprint density at radius 3 is 2.40 bits per heavy atom. The third kappa shape index (κ3) is 4.05. The van der Waals surface area contributed by atoms with Crippen molar-refractivity contribution in [2.75, 3.05) is 5.32 Å². The molecule has 0 aliphatic carbocycles. The van der Waals surface area contributed by atoms with Crippen molar-refractivity contribution < 1.29 is 8.78 Å². The molecule has 0 aliphatic heterocycles. The maximum Gasteiger partial charge on any atom is 0.131 e. The topological polar surface area (TPSA) is 12.0 Å². The van der Waals surface area contributed by atoms with Crippen LogP contribution in [0.25, 0.3) is 0 Å². The first kappa shape index (κ1) is 14.5. The Labute approximate surface area is 118 Å². The van der Waals surface area contributed by atoms with Gasteiger partial charge in [0.15, 0.2) is 0 Å². The van der Waals surface area contributed by atoms with Gasteiger partial charge in [0.2, 0.25) is 0 Å². The zero-order valence-electron chi connectivity index (χ0n) is 11.6. The second-order valence-corrected chi connectivity index (χ2v) is 4.89. The predicted molar refractivity (Wildman–Crippen MR) is 78.7 cm³/mol. The average molecular weight is 275 g/mol. The van der Waals surface area contributed by atoms with Crippen molar-refractivity contribution in [2.45, 2.75) is 32.7 Å². The van der Waals surface area contributed by atoms with Crippen LogP contribution < -0.4 is 5.32 Å². The average Bonchev–Trinajstić information content (AvgIpc) is 2.45. The number of aryl methyl sites for hydroxylation is 1. The molecule has 2 aromatic rings. The molecule has 20 heavy (non-hydrogen) atoms. The molecule has 0 aliphatic rings. The minimum absolute atomic E-state index is 0.348. The van der Waals surface area contributed by atoms with E-state index in [1.54, 1.807) is 0 Å². The van der Waals surface area contributed by atoms with Crippen LogP contribution in [0, 0.1) is 11.6 Å². The molecule has 0 heterocycles. The van der Waals surface area contributed by atoms with E-state index < -0.39 is 11.6 Å². The van der Waals surface area contributed by atoms with Gasteiger partial charge in [0.25, 0.3) is 0 Å². The summed E-state index contributed by atoms with van der Waals surface area (Å²) in [6.45, 7) is 2.52. The van der Waals surface area contributed by atoms with Crippen LogP contribution in [-0.2, 0) is 13.0 Å². The zero-order chi connectivity index (χ0) is 14.4. The van der Waals surface area contributed by atoms with E-state index >= 15 is 0 Å². The van der Waals surface area contributed by atoms with Gasteiger partial charge in [0, 0.05) is 23.9 Å². The van der Waals surface area contributed by atoms with Crippen molar-refractivity contribution in [1.29, 1.82) is 0 Å². The number of anilines is 1. The fourth-order valence-corrected chi connectivity index (χ4v) is 2.03. The Balaban J connectivity index is 1.93. The molecule has 2 rings (SSSR count). The first-order valence-electron chi connectivity index (χ1n) is 6.96. The quantitative estimate of drug-likeness (QED) is 0.789. The number of unbranched alkanes of at least 4 members (excludes halogenated alkanes) is 1. The molecule has 0 radical (unpaired) electrons. The zero-order valence-corrected chi connectivity index (χ0v) is 11.6. The van der Waals surface area contributed by atoms with Crippen molar-refractivity contribution in [2.24, 2.45) is 0 Å². The van der Waals surface area contributed by atoms with Gasteiger partial charge in [-0.25, -0.2) is 8.78 Å². The smallest absolute Gasteiger partial charge is 0.131 e. The molecule has 2 aromatic carbocycles. The second-order valence-electron chi connectivity index (χ2n) is 4.89. The van der Waals surface area contributed by atoms with Gasteiger partial charge in [0.1, 0.15) is 11.6 Å². The molecule has 3 heteroatoms. The molecule has 1 nitrogen and oxygen atoms in total. The molecule has 0 saturated carbocycles. The third-order valence-corrected chi connectivity index (χ3v) is 3.27. The highest BCUT2D eigenvalue weighted by Gasteiger charge is 2.03. The van der Waals surface area contributed by atoms with Crippen molar-refractivity contribution in [3.8, 4) is 0 Å². The highest BCUT2D eigenvalue weighted by molar-refractivity contribution is 5.45. The van der Waals surface area contributed by atoms with Gasteiger partial charge < -0.3 is 5.32 Å². The third-order valence-electron chi connectivity index (χ3n) is 3.27. The molecule has 106 valence electrons. The maximum atomic E-state index is 13.5. The van der Waals surface area contributed by atoms with Crippen molar-refractivity contribution in [3.63, 3.8) is 0 Å². The summed E-state index contributed by atoms with van der Waals surface area (Å²) < 4.78 is 26.3. The van der Waals surface area contributed by atoms with Gasteiger partial charge >= 0.3 is 0 Å². The molecule has 0 saturated heterocycles. The van der Waals surface area contributed by atoms with E-state index in [-0.39, 0.29) is 0 Å². The van der Waals surface area contributed by atoms with Crippen LogP contribution >= 0.6 is 0 Å². The Morgan fingerprint density at radius 2 is 1.75 bits per heavy atom. The summed E-state index contributed by atoms with van der Waals surface area (Å²) >= 11 is 0. The molecule has 0 spiro atoms. The van der Waals surface area contributed by atoms with Crippen LogP contribution in [0.5, 0.6) is 0 Å². The van der Waals surface area contributed by atoms with E-state index in [4.69, 9.17) is 0 Å². The summed E-state index contributed by atoms with van der Waals surface area (Å²) in [6, 6.07) is 11.8. The Morgan fingerprint density at radius 1 is 1.00 bits per heavy atom. The monoisotopic (exact) mass is 275 g/mol. The SMILES string of the molecule is CCCCc1ccc(NCc2ccc(F)cc2F)cc1. The lowest BCUT2D eigenvalue weighted by Gasteiger charge is -2.08. The van der Waals surface area contributed by atoms with E-state index in [0.717, 1.165) is 18.2 Å². The summed E-state index contributed by atoms with van der Waals surface area (Å²) in [5, 5.41) is 3.14. The van der Waals surface area contributed by atoms with Gasteiger partial charge in [-0.1, -0.05) is 31.5 Å². The lowest BCUT2D eigenvalue weighted by Crippen LogP contribution is -2.02. The number of hydrogen-bond acceptors (Lipinski definition) is 1. The maximum absolute atomic E-state index is 13.5. The lowest BCUT2D eigenvalue weighted by atomic mass is 10.1. The minimum atomic E-state index is -0.550. The van der Waals surface area contributed by atoms with Gasteiger partial charge in [-0.05, 0) is 36.6 Å². The summed E-state index contributed by atoms with van der Waals surface area (Å²) in [5.41, 5.74) is 2.71. The second kappa shape index (κ2) is 7.04. The minimum Gasteiger partial charge on any atom is -0.381 e. The number of rotatable bonds is 6. The van der Waals surface area contributed by atoms with E-state index in [0.29, 0.717) is 12.1 Å². The molecular formula is C17H19F2N. The standard InChI is InChI=1S/C17H19F2N/c1-2-3-4-13-5-9-16(10-6-13)20-12-14-7-8-15(18)11-17(14)19/h5-11,20H,2-4,12H2,1H3. The molecule has 0 unspecified atom stereocenters. The Hall–Kier alpha value is -1.90. The first-order chi connectivity index (χ1) is 9.69. The predicted octanol–water partition coefficient (Wildman–Crippen LogP) is 4.92. The van der Waals surface area contributed by atoms with Crippen LogP contribution in [0.2, 0.25) is 0 Å². The van der Waals surface area contributed by atoms with Gasteiger partial charge in [0.05, 0.1) is 0 Å². The fourth-order valence-electron chi connectivity index (χ4n) is 2.03. The van der Waals surface area contributed by atoms with Gasteiger partial charge in [-0.3, -0.25) is 0 Å². The normalized spacial score (nSPS) is 10.6. The molecule has 1 N–H and O–H groups in total. The Bertz CT molecular complexity index is 549. The molecule has 0 atom stereocenters. The van der Waals surface area contributed by atoms with E-state index in [9.17, 15) is 8.78 Å². The lowest BCUT2D eigenvalue weighted by molar-refractivity contribution is 0.574. The molecular weight excluding hydrogens is 256 g/mol. The van der Waals surface area contributed by atoms with Gasteiger partial charge in [-0.15, -0.1) is 0 Å². The largest absolute Gasteiger partial charge is 0.381 e. The van der Waals surface area contributed by atoms with Crippen LogP contribution in [0.4, 0.5) is 14.5 Å². The molecule has 0 amide bonds. The first-order valence-corrected chi connectivity index (χ1v) is 6.96. The number of halogens is 2. The van der Waals surface area contributed by atoms with Crippen LogP contribution in [0.1, 0.15) is 30.9 Å². The Kier molecular flexibility index (Phi) is 5.10.